The molecular formula is C37H41N5O6S. The van der Waals surface area contributed by atoms with Gasteiger partial charge in [0.25, 0.3) is 11.5 Å². The topological polar surface area (TPSA) is 123 Å². The van der Waals surface area contributed by atoms with Gasteiger partial charge in [0, 0.05) is 73.4 Å². The van der Waals surface area contributed by atoms with Crippen LogP contribution in [0, 0.1) is 5.41 Å². The molecule has 0 saturated heterocycles. The molecule has 2 saturated carbocycles. The van der Waals surface area contributed by atoms with Gasteiger partial charge in [-0.15, -0.1) is 0 Å². The minimum absolute atomic E-state index is 0.0316. The van der Waals surface area contributed by atoms with Gasteiger partial charge in [-0.05, 0) is 72.7 Å². The van der Waals surface area contributed by atoms with Gasteiger partial charge in [-0.2, -0.15) is 12.7 Å². The number of nitrogens with zero attached hydrogens (tertiary/aromatic N) is 4. The minimum Gasteiger partial charge on any atom is -0.497 e. The maximum atomic E-state index is 14.8. The Bertz CT molecular complexity index is 2200. The predicted octanol–water partition coefficient (Wildman–Crippen LogP) is 4.59. The average molecular weight is 684 g/mol. The first-order valence-electron chi connectivity index (χ1n) is 17.1. The summed E-state index contributed by atoms with van der Waals surface area (Å²) >= 11 is 0. The van der Waals surface area contributed by atoms with Crippen molar-refractivity contribution >= 4 is 32.9 Å². The van der Waals surface area contributed by atoms with E-state index < -0.39 is 21.5 Å². The molecule has 4 aliphatic rings. The van der Waals surface area contributed by atoms with Gasteiger partial charge in [0.05, 0.1) is 24.8 Å². The maximum absolute atomic E-state index is 14.8. The Labute approximate surface area is 285 Å². The van der Waals surface area contributed by atoms with Gasteiger partial charge >= 0.3 is 10.2 Å². The lowest BCUT2D eigenvalue weighted by Gasteiger charge is -2.33. The molecule has 2 unspecified atom stereocenters. The number of aromatic nitrogens is 2. The summed E-state index contributed by atoms with van der Waals surface area (Å²) in [4.78, 5) is 42.6. The highest BCUT2D eigenvalue weighted by atomic mass is 32.2. The molecule has 0 spiro atoms. The van der Waals surface area contributed by atoms with Crippen LogP contribution in [0.3, 0.4) is 0 Å². The van der Waals surface area contributed by atoms with Crippen LogP contribution in [0.5, 0.6) is 5.75 Å². The average Bonchev–Trinajstić information content (AvgIpc) is 3.77. The van der Waals surface area contributed by atoms with Gasteiger partial charge in [0.15, 0.2) is 0 Å². The molecule has 4 aromatic rings. The molecule has 2 aliphatic heterocycles. The number of rotatable bonds is 6. The second kappa shape index (κ2) is 11.6. The number of fused-ring (bicyclic) bond motifs is 8. The Morgan fingerprint density at radius 2 is 1.78 bits per heavy atom. The molecule has 0 radical (unpaired) electrons. The van der Waals surface area contributed by atoms with E-state index in [1.165, 1.54) is 26.1 Å². The second-order valence-electron chi connectivity index (χ2n) is 14.2. The molecular weight excluding hydrogens is 643 g/mol. The zero-order valence-corrected chi connectivity index (χ0v) is 28.9. The fourth-order valence-electron chi connectivity index (χ4n) is 8.63. The van der Waals surface area contributed by atoms with Crippen LogP contribution in [-0.4, -0.2) is 66.3 Å². The molecule has 49 heavy (non-hydrogen) atoms. The van der Waals surface area contributed by atoms with Crippen molar-refractivity contribution in [2.24, 2.45) is 5.41 Å². The third-order valence-electron chi connectivity index (χ3n) is 11.3. The van der Waals surface area contributed by atoms with Gasteiger partial charge in [-0.25, -0.2) is 4.72 Å². The van der Waals surface area contributed by atoms with E-state index in [4.69, 9.17) is 4.74 Å². The summed E-state index contributed by atoms with van der Waals surface area (Å²) in [5, 5.41) is 1.03. The Morgan fingerprint density at radius 3 is 2.53 bits per heavy atom. The number of carbonyl (C=O) groups excluding carboxylic acids is 2. The highest BCUT2D eigenvalue weighted by Gasteiger charge is 2.64. The minimum atomic E-state index is -4.00. The SMILES string of the molecule is COc1ccc2c(c1)C1CC1(C(=O)N1CCn3c(cccc3=O)C1)Cn1c-2c(C2CCCCC2)c2ccc(C(=O)NS(=O)(=O)N(C)C)cc21. The molecule has 8 rings (SSSR count). The molecule has 256 valence electrons. The predicted molar refractivity (Wildman–Crippen MR) is 186 cm³/mol. The maximum Gasteiger partial charge on any atom is 0.303 e. The fourth-order valence-corrected chi connectivity index (χ4v) is 9.16. The molecule has 4 heterocycles. The van der Waals surface area contributed by atoms with Gasteiger partial charge < -0.3 is 18.8 Å². The van der Waals surface area contributed by atoms with Crippen molar-refractivity contribution in [2.45, 2.75) is 70.0 Å². The number of hydrogen-bond donors (Lipinski definition) is 1. The Kier molecular flexibility index (Phi) is 7.52. The third kappa shape index (κ3) is 5.10. The van der Waals surface area contributed by atoms with E-state index in [1.807, 2.05) is 23.1 Å². The molecule has 12 heteroatoms. The summed E-state index contributed by atoms with van der Waals surface area (Å²) in [6, 6.07) is 16.8. The van der Waals surface area contributed by atoms with Gasteiger partial charge in [-0.3, -0.25) is 14.4 Å². The largest absolute Gasteiger partial charge is 0.497 e. The van der Waals surface area contributed by atoms with Crippen molar-refractivity contribution in [3.05, 3.63) is 87.3 Å². The van der Waals surface area contributed by atoms with Crippen LogP contribution in [0.1, 0.15) is 77.5 Å². The first-order valence-corrected chi connectivity index (χ1v) is 18.5. The summed E-state index contributed by atoms with van der Waals surface area (Å²) in [5.74, 6) is 0.378. The number of hydrogen-bond acceptors (Lipinski definition) is 6. The molecule has 2 aliphatic carbocycles. The van der Waals surface area contributed by atoms with Crippen LogP contribution in [0.2, 0.25) is 0 Å². The molecule has 2 amide bonds. The Hall–Kier alpha value is -4.42. The van der Waals surface area contributed by atoms with Gasteiger partial charge in [-0.1, -0.05) is 31.4 Å². The number of ether oxygens (including phenoxy) is 1. The van der Waals surface area contributed by atoms with Gasteiger partial charge in [0.1, 0.15) is 5.75 Å². The van der Waals surface area contributed by atoms with Crippen molar-refractivity contribution in [3.63, 3.8) is 0 Å². The van der Waals surface area contributed by atoms with E-state index >= 15 is 0 Å². The summed E-state index contributed by atoms with van der Waals surface area (Å²) in [7, 11) is 0.403. The highest BCUT2D eigenvalue weighted by Crippen LogP contribution is 2.66. The second-order valence-corrected chi connectivity index (χ2v) is 16.1. The van der Waals surface area contributed by atoms with Crippen molar-refractivity contribution < 1.29 is 22.7 Å². The zero-order chi connectivity index (χ0) is 34.2. The smallest absolute Gasteiger partial charge is 0.303 e. The van der Waals surface area contributed by atoms with E-state index in [1.54, 1.807) is 35.9 Å². The van der Waals surface area contributed by atoms with E-state index in [0.717, 1.165) is 69.2 Å². The lowest BCUT2D eigenvalue weighted by Crippen LogP contribution is -2.46. The summed E-state index contributed by atoms with van der Waals surface area (Å²) in [6.45, 7) is 1.69. The van der Waals surface area contributed by atoms with Crippen molar-refractivity contribution in [2.75, 3.05) is 27.7 Å². The van der Waals surface area contributed by atoms with E-state index in [0.29, 0.717) is 38.5 Å². The molecule has 1 N–H and O–H groups in total. The standard InChI is InChI=1S/C37H41N5O6S/c1-39(2)49(46,47)38-35(44)24-12-14-28-31(18-24)42-22-37(36(45)40-16-17-41-25(21-40)10-7-11-32(41)43)20-30(37)29-19-26(48-3)13-15-27(29)34(42)33(28)23-8-5-4-6-9-23/h7,10-15,18-19,23,30H,4-6,8-9,16-17,20-22H2,1-3H3,(H,38,44). The van der Waals surface area contributed by atoms with Crippen LogP contribution < -0.4 is 15.0 Å². The van der Waals surface area contributed by atoms with E-state index in [2.05, 4.69) is 21.4 Å². The van der Waals surface area contributed by atoms with Gasteiger partial charge in [0.2, 0.25) is 5.91 Å². The fraction of sp³-hybridized carbons (Fsp3) is 0.432. The van der Waals surface area contributed by atoms with Crippen molar-refractivity contribution in [1.29, 1.82) is 0 Å². The number of nitrogens with one attached hydrogen (secondary N) is 1. The Morgan fingerprint density at radius 1 is 0.980 bits per heavy atom. The monoisotopic (exact) mass is 683 g/mol. The Balaban J connectivity index is 1.30. The molecule has 2 aromatic heterocycles. The molecule has 0 bridgehead atoms. The van der Waals surface area contributed by atoms with Crippen LogP contribution in [0.4, 0.5) is 0 Å². The van der Waals surface area contributed by atoms with Crippen LogP contribution in [0.15, 0.2) is 59.4 Å². The van der Waals surface area contributed by atoms with Crippen molar-refractivity contribution in [1.82, 2.24) is 23.1 Å². The number of amides is 2. The molecule has 2 aromatic carbocycles. The summed E-state index contributed by atoms with van der Waals surface area (Å²) in [5.41, 5.74) is 5.58. The lowest BCUT2D eigenvalue weighted by molar-refractivity contribution is -0.139. The third-order valence-corrected chi connectivity index (χ3v) is 12.7. The van der Waals surface area contributed by atoms with Crippen LogP contribution in [-0.2, 0) is 34.6 Å². The lowest BCUT2D eigenvalue weighted by atomic mass is 9.81. The number of benzene rings is 2. The first kappa shape index (κ1) is 31.8. The number of pyridine rings is 1. The van der Waals surface area contributed by atoms with Crippen molar-refractivity contribution in [3.8, 4) is 17.0 Å². The normalized spacial score (nSPS) is 21.7. The van der Waals surface area contributed by atoms with E-state index in [9.17, 15) is 22.8 Å². The first-order chi connectivity index (χ1) is 23.5. The zero-order valence-electron chi connectivity index (χ0n) is 28.1. The molecule has 2 fully saturated rings. The summed E-state index contributed by atoms with van der Waals surface area (Å²) in [6.07, 6.45) is 6.26. The van der Waals surface area contributed by atoms with E-state index in [-0.39, 0.29) is 22.9 Å². The summed E-state index contributed by atoms with van der Waals surface area (Å²) < 4.78 is 38.0. The highest BCUT2D eigenvalue weighted by molar-refractivity contribution is 7.87. The van der Waals surface area contributed by atoms with Crippen LogP contribution >= 0.6 is 0 Å². The molecule has 11 nitrogen and oxygen atoms in total. The quantitative estimate of drug-likeness (QED) is 0.317. The van der Waals surface area contributed by atoms with Crippen LogP contribution in [0.25, 0.3) is 22.2 Å². The number of methoxy groups -OCH3 is 1. The molecule has 2 atom stereocenters. The number of carbonyl (C=O) groups is 2.